The molecule has 4 aliphatic rings. The van der Waals surface area contributed by atoms with Crippen LogP contribution in [0.4, 0.5) is 10.5 Å². The van der Waals surface area contributed by atoms with Crippen LogP contribution >= 0.6 is 45.8 Å². The van der Waals surface area contributed by atoms with Crippen molar-refractivity contribution in [2.24, 2.45) is 0 Å². The number of carbonyl (C=O) groups excluding carboxylic acids is 3. The second-order valence-electron chi connectivity index (χ2n) is 14.1. The predicted molar refractivity (Wildman–Crippen MR) is 233 cm³/mol. The number of carboxylic acids is 1. The van der Waals surface area contributed by atoms with E-state index in [-0.39, 0.29) is 58.0 Å². The molecule has 2 saturated heterocycles. The largest absolute Gasteiger partial charge is 0.872 e. The minimum absolute atomic E-state index is 0.00308. The van der Waals surface area contributed by atoms with Crippen LogP contribution in [0.5, 0.6) is 5.75 Å². The molecule has 4 amide bonds. The summed E-state index contributed by atoms with van der Waals surface area (Å²) in [6.45, 7) is 1.21. The molecule has 58 heavy (non-hydrogen) atoms. The van der Waals surface area contributed by atoms with E-state index in [0.29, 0.717) is 69.8 Å². The zero-order valence-electron chi connectivity index (χ0n) is 31.6. The van der Waals surface area contributed by atoms with Gasteiger partial charge in [0.25, 0.3) is 0 Å². The Morgan fingerprint density at radius 2 is 1.69 bits per heavy atom. The number of thiocarbonyl (C=S) groups is 1. The number of carbonyl (C=O) groups is 4. The highest BCUT2D eigenvalue weighted by atomic mass is 33.1. The molecule has 7 N–H and O–H groups in total. The fourth-order valence-corrected chi connectivity index (χ4v) is 10.4. The summed E-state index contributed by atoms with van der Waals surface area (Å²) in [6, 6.07) is 13.8. The number of nitrogens with one attached hydrogen (secondary N) is 6. The maximum Gasteiger partial charge on any atom is 0.336 e. The third-order valence-corrected chi connectivity index (χ3v) is 13.5. The number of hydrogen-bond acceptors (Lipinski definition) is 11. The molecule has 6 rings (SSSR count). The lowest BCUT2D eigenvalue weighted by molar-refractivity contribution is -0.268. The van der Waals surface area contributed by atoms with Crippen molar-refractivity contribution in [2.75, 3.05) is 29.9 Å². The van der Waals surface area contributed by atoms with E-state index < -0.39 is 5.97 Å². The highest BCUT2D eigenvalue weighted by Crippen LogP contribution is 2.42. The molecule has 0 spiro atoms. The van der Waals surface area contributed by atoms with Crippen molar-refractivity contribution >= 4 is 91.3 Å². The summed E-state index contributed by atoms with van der Waals surface area (Å²) >= 11 is 7.34. The van der Waals surface area contributed by atoms with Gasteiger partial charge in [-0.25, -0.2) is 9.59 Å². The highest BCUT2D eigenvalue weighted by Gasteiger charge is 2.42. The van der Waals surface area contributed by atoms with E-state index in [0.717, 1.165) is 50.7 Å². The summed E-state index contributed by atoms with van der Waals surface area (Å²) in [4.78, 5) is 60.5. The third-order valence-electron chi connectivity index (χ3n) is 9.86. The Kier molecular flexibility index (Phi) is 15.4. The number of hydrogen-bond donors (Lipinski definition) is 7. The van der Waals surface area contributed by atoms with Gasteiger partial charge in [-0.1, -0.05) is 48.3 Å². The molecule has 0 aromatic heterocycles. The SMILES string of the molecule is O=C(CCSSNC(=O)CCCCC1SCC2NC(=O)NC21)NCCCCCCNC(=S)Nc1ccc(-c2c3ccc(=O)cc-3oc3cc([O-])ccc23)c(C(=O)O)c1. The van der Waals surface area contributed by atoms with Crippen molar-refractivity contribution in [3.63, 3.8) is 0 Å². The van der Waals surface area contributed by atoms with E-state index in [1.54, 1.807) is 24.3 Å². The number of urea groups is 1. The van der Waals surface area contributed by atoms with E-state index in [1.165, 1.54) is 52.1 Å². The van der Waals surface area contributed by atoms with Gasteiger partial charge in [0.05, 0.1) is 17.6 Å². The van der Waals surface area contributed by atoms with Crippen LogP contribution in [0.2, 0.25) is 0 Å². The van der Waals surface area contributed by atoms with Gasteiger partial charge in [0.1, 0.15) is 11.3 Å². The number of rotatable bonds is 20. The molecule has 1 aliphatic carbocycles. The van der Waals surface area contributed by atoms with Crippen LogP contribution in [-0.2, 0) is 9.59 Å². The number of benzene rings is 3. The minimum atomic E-state index is -1.16. The van der Waals surface area contributed by atoms with E-state index in [1.807, 2.05) is 11.8 Å². The van der Waals surface area contributed by atoms with E-state index in [4.69, 9.17) is 16.6 Å². The van der Waals surface area contributed by atoms with Crippen LogP contribution < -0.4 is 41.8 Å². The van der Waals surface area contributed by atoms with Crippen LogP contribution in [0.15, 0.2) is 63.8 Å². The van der Waals surface area contributed by atoms with Crippen LogP contribution in [-0.4, -0.2) is 76.0 Å². The Hall–Kier alpha value is -4.65. The van der Waals surface area contributed by atoms with Crippen LogP contribution in [0.3, 0.4) is 0 Å². The second-order valence-corrected chi connectivity index (χ2v) is 18.0. The van der Waals surface area contributed by atoms with Gasteiger partial charge in [-0.2, -0.15) is 11.8 Å². The summed E-state index contributed by atoms with van der Waals surface area (Å²) in [5.74, 6) is 0.295. The minimum Gasteiger partial charge on any atom is -0.872 e. The van der Waals surface area contributed by atoms with Gasteiger partial charge in [-0.05, 0) is 73.8 Å². The van der Waals surface area contributed by atoms with Gasteiger partial charge in [-0.15, -0.1) is 5.75 Å². The Bertz CT molecular complexity index is 2170. The lowest BCUT2D eigenvalue weighted by Gasteiger charge is -2.18. The Balaban J connectivity index is 0.819. The summed E-state index contributed by atoms with van der Waals surface area (Å²) in [5.41, 5.74) is 1.92. The molecule has 0 bridgehead atoms. The fraction of sp³-hybridized carbons (Fsp3) is 0.400. The molecular formula is C40H45N6O8S4-. The van der Waals surface area contributed by atoms with Gasteiger partial charge in [0.2, 0.25) is 11.8 Å². The summed E-state index contributed by atoms with van der Waals surface area (Å²) in [7, 11) is 2.70. The first kappa shape index (κ1) is 42.9. The van der Waals surface area contributed by atoms with Crippen LogP contribution in [0.25, 0.3) is 33.4 Å². The van der Waals surface area contributed by atoms with Crippen molar-refractivity contribution in [2.45, 2.75) is 75.1 Å². The van der Waals surface area contributed by atoms with Crippen LogP contribution in [0, 0.1) is 0 Å². The maximum atomic E-state index is 12.5. The topological polar surface area (TPSA) is 214 Å². The summed E-state index contributed by atoms with van der Waals surface area (Å²) in [6.07, 6.45) is 7.09. The zero-order chi connectivity index (χ0) is 41.0. The molecule has 14 nitrogen and oxygen atoms in total. The fourth-order valence-electron chi connectivity index (χ4n) is 7.03. The zero-order valence-corrected chi connectivity index (χ0v) is 34.8. The van der Waals surface area contributed by atoms with Gasteiger partial charge >= 0.3 is 12.0 Å². The van der Waals surface area contributed by atoms with Gasteiger partial charge in [0.15, 0.2) is 10.5 Å². The average molecular weight is 866 g/mol. The quantitative estimate of drug-likeness (QED) is 0.0139. The summed E-state index contributed by atoms with van der Waals surface area (Å²) in [5, 5.41) is 38.7. The Labute approximate surface area is 353 Å². The predicted octanol–water partition coefficient (Wildman–Crippen LogP) is 5.83. The molecular weight excluding hydrogens is 821 g/mol. The molecule has 0 radical (unpaired) electrons. The number of thioether (sulfide) groups is 1. The second kappa shape index (κ2) is 20.9. The molecule has 3 aliphatic heterocycles. The first-order valence-corrected chi connectivity index (χ1v) is 23.0. The summed E-state index contributed by atoms with van der Waals surface area (Å²) < 4.78 is 8.69. The lowest BCUT2D eigenvalue weighted by Crippen LogP contribution is -2.36. The Morgan fingerprint density at radius 3 is 2.50 bits per heavy atom. The monoisotopic (exact) mass is 865 g/mol. The van der Waals surface area contributed by atoms with Crippen molar-refractivity contribution in [1.82, 2.24) is 26.0 Å². The lowest BCUT2D eigenvalue weighted by atomic mass is 9.90. The maximum absolute atomic E-state index is 12.5. The van der Waals surface area contributed by atoms with Crippen molar-refractivity contribution in [3.8, 4) is 28.2 Å². The molecule has 2 aromatic carbocycles. The molecule has 18 heteroatoms. The standard InChI is InChI=1S/C40H46N6O8S4/c47-24-10-13-27-31(20-24)54-32-21-25(48)11-14-28(32)36(27)26-12-9-23(19-29(26)38(51)52)43-40(55)42-17-6-2-1-5-16-41-34(49)15-18-57-58-46-35(50)8-4-3-7-33-37-30(22-56-33)44-39(53)45-37/h9-14,19-21,30,33,37,47H,1-8,15-18,22H2,(H,41,49)(H,46,50)(H,51,52)(H2,42,43,55)(H2,44,45,53)/p-1. The molecule has 3 unspecified atom stereocenters. The first-order valence-electron chi connectivity index (χ1n) is 19.2. The van der Waals surface area contributed by atoms with Crippen molar-refractivity contribution in [1.29, 1.82) is 0 Å². The molecule has 2 fully saturated rings. The third kappa shape index (κ3) is 11.7. The van der Waals surface area contributed by atoms with Gasteiger partial charge in [-0.3, -0.25) is 19.1 Å². The Morgan fingerprint density at radius 1 is 0.897 bits per heavy atom. The number of unbranched alkanes of at least 4 members (excludes halogenated alkanes) is 4. The van der Waals surface area contributed by atoms with E-state index in [9.17, 15) is 34.2 Å². The first-order chi connectivity index (χ1) is 28.0. The smallest absolute Gasteiger partial charge is 0.336 e. The van der Waals surface area contributed by atoms with Crippen molar-refractivity contribution in [3.05, 3.63) is 70.4 Å². The molecule has 308 valence electrons. The van der Waals surface area contributed by atoms with Crippen molar-refractivity contribution < 1.29 is 33.8 Å². The van der Waals surface area contributed by atoms with E-state index in [2.05, 4.69) is 31.3 Å². The van der Waals surface area contributed by atoms with Crippen LogP contribution in [0.1, 0.15) is 68.1 Å². The molecule has 0 saturated carbocycles. The van der Waals surface area contributed by atoms with Gasteiger partial charge in [0, 0.05) is 81.9 Å². The number of anilines is 1. The highest BCUT2D eigenvalue weighted by molar-refractivity contribution is 8.76. The number of fused-ring (bicyclic) bond motifs is 3. The average Bonchev–Trinajstić information content (AvgIpc) is 3.75. The molecule has 3 atom stereocenters. The van der Waals surface area contributed by atoms with E-state index >= 15 is 0 Å². The number of amides is 4. The number of aromatic carboxylic acids is 1. The molecule has 3 heterocycles. The van der Waals surface area contributed by atoms with Gasteiger partial charge < -0.3 is 41.2 Å². The normalized spacial score (nSPS) is 17.0. The molecule has 2 aromatic rings. The number of carboxylic acid groups (broad SMARTS) is 1.